The zero-order chi connectivity index (χ0) is 20.3. The van der Waals surface area contributed by atoms with Crippen LogP contribution in [0.25, 0.3) is 11.1 Å². The maximum atomic E-state index is 4.67. The molecule has 29 heavy (non-hydrogen) atoms. The first-order valence-electron chi connectivity index (χ1n) is 10.6. The molecule has 0 spiro atoms. The summed E-state index contributed by atoms with van der Waals surface area (Å²) in [5.74, 6) is 0. The van der Waals surface area contributed by atoms with Gasteiger partial charge >= 0.3 is 0 Å². The van der Waals surface area contributed by atoms with Gasteiger partial charge in [0.15, 0.2) is 0 Å². The number of aliphatic imine (C=N–C) groups is 1. The van der Waals surface area contributed by atoms with Crippen molar-refractivity contribution in [2.75, 3.05) is 0 Å². The predicted octanol–water partition coefficient (Wildman–Crippen LogP) is 8.00. The second-order valence-electron chi connectivity index (χ2n) is 7.53. The number of aryl methyl sites for hydroxylation is 3. The Labute approximate surface area is 180 Å². The predicted molar refractivity (Wildman–Crippen MR) is 128 cm³/mol. The summed E-state index contributed by atoms with van der Waals surface area (Å²) in [7, 11) is 0. The molecule has 0 aliphatic heterocycles. The van der Waals surface area contributed by atoms with Crippen LogP contribution in [0.5, 0.6) is 0 Å². The Kier molecular flexibility index (Phi) is 8.37. The summed E-state index contributed by atoms with van der Waals surface area (Å²) in [5, 5.41) is 2.42. The summed E-state index contributed by atoms with van der Waals surface area (Å²) in [6, 6.07) is 26.2. The number of hydrogen-bond donors (Lipinski definition) is 0. The normalized spacial score (nSPS) is 10.5. The Bertz CT molecular complexity index is 935. The van der Waals surface area contributed by atoms with Crippen molar-refractivity contribution in [3.63, 3.8) is 0 Å². The molecule has 0 bridgehead atoms. The highest BCUT2D eigenvalue weighted by Gasteiger charge is 2.06. The highest BCUT2D eigenvalue weighted by Crippen LogP contribution is 2.26. The van der Waals surface area contributed by atoms with E-state index < -0.39 is 0 Å². The number of rotatable bonds is 10. The topological polar surface area (TPSA) is 12.4 Å². The molecule has 0 atom stereocenters. The fraction of sp³-hybridized carbons (Fsp3) is 0.296. The molecular weight excluding hydrogens is 370 g/mol. The second-order valence-corrected chi connectivity index (χ2v) is 7.72. The lowest BCUT2D eigenvalue weighted by Gasteiger charge is -2.11. The Hall–Kier alpha value is -2.54. The highest BCUT2D eigenvalue weighted by molar-refractivity contribution is 7.78. The highest BCUT2D eigenvalue weighted by atomic mass is 32.1. The molecule has 3 rings (SSSR count). The van der Waals surface area contributed by atoms with Gasteiger partial charge in [0.2, 0.25) is 0 Å². The molecule has 0 fully saturated rings. The monoisotopic (exact) mass is 399 g/mol. The van der Waals surface area contributed by atoms with Gasteiger partial charge in [-0.05, 0) is 77.9 Å². The van der Waals surface area contributed by atoms with Crippen molar-refractivity contribution in [1.82, 2.24) is 0 Å². The van der Waals surface area contributed by atoms with E-state index in [2.05, 4.69) is 90.0 Å². The first-order valence-corrected chi connectivity index (χ1v) is 11.0. The Morgan fingerprint density at radius 3 is 2.14 bits per heavy atom. The molecule has 0 radical (unpaired) electrons. The SMILES string of the molecule is CCCCCCc1ccc(-c2ccccc2CCc2ccc(N=C=S)cc2)cc1. The second kappa shape index (κ2) is 11.5. The zero-order valence-electron chi connectivity index (χ0n) is 17.2. The average molecular weight is 400 g/mol. The van der Waals surface area contributed by atoms with E-state index in [1.54, 1.807) is 0 Å². The third-order valence-corrected chi connectivity index (χ3v) is 5.49. The molecule has 0 amide bonds. The van der Waals surface area contributed by atoms with Gasteiger partial charge in [0.05, 0.1) is 10.8 Å². The minimum atomic E-state index is 0.860. The summed E-state index contributed by atoms with van der Waals surface area (Å²) >= 11 is 4.67. The van der Waals surface area contributed by atoms with E-state index in [1.807, 2.05) is 12.1 Å². The summed E-state index contributed by atoms with van der Waals surface area (Å²) in [6.45, 7) is 2.26. The molecule has 3 aromatic carbocycles. The largest absolute Gasteiger partial charge is 0.195 e. The van der Waals surface area contributed by atoms with E-state index >= 15 is 0 Å². The molecule has 0 unspecified atom stereocenters. The minimum Gasteiger partial charge on any atom is -0.195 e. The smallest absolute Gasteiger partial charge is 0.0739 e. The number of thiocarbonyl (C=S) groups is 1. The Morgan fingerprint density at radius 2 is 1.41 bits per heavy atom. The van der Waals surface area contributed by atoms with Crippen LogP contribution < -0.4 is 0 Å². The lowest BCUT2D eigenvalue weighted by Crippen LogP contribution is -1.94. The van der Waals surface area contributed by atoms with Crippen LogP contribution in [0.15, 0.2) is 77.8 Å². The maximum absolute atomic E-state index is 4.67. The van der Waals surface area contributed by atoms with Crippen LogP contribution >= 0.6 is 12.2 Å². The van der Waals surface area contributed by atoms with Crippen molar-refractivity contribution < 1.29 is 0 Å². The summed E-state index contributed by atoms with van der Waals surface area (Å²) in [6.07, 6.45) is 8.47. The van der Waals surface area contributed by atoms with Crippen LogP contribution in [0.4, 0.5) is 5.69 Å². The Morgan fingerprint density at radius 1 is 0.724 bits per heavy atom. The van der Waals surface area contributed by atoms with E-state index in [9.17, 15) is 0 Å². The van der Waals surface area contributed by atoms with Gasteiger partial charge in [-0.1, -0.05) is 86.8 Å². The van der Waals surface area contributed by atoms with Crippen molar-refractivity contribution >= 4 is 23.1 Å². The summed E-state index contributed by atoms with van der Waals surface area (Å²) in [5.41, 5.74) is 7.66. The lowest BCUT2D eigenvalue weighted by atomic mass is 9.94. The van der Waals surface area contributed by atoms with Crippen molar-refractivity contribution in [2.24, 2.45) is 4.99 Å². The fourth-order valence-electron chi connectivity index (χ4n) is 3.70. The first kappa shape index (κ1) is 21.2. The zero-order valence-corrected chi connectivity index (χ0v) is 18.0. The molecule has 0 N–H and O–H groups in total. The van der Waals surface area contributed by atoms with Crippen molar-refractivity contribution in [1.29, 1.82) is 0 Å². The standard InChI is InChI=1S/C27H29NS/c1-2-3-4-5-8-22-11-17-25(18-12-22)27-10-7-6-9-24(27)16-13-23-14-19-26(20-15-23)28-21-29/h6-7,9-12,14-15,17-20H,2-5,8,13,16H2,1H3. The van der Waals surface area contributed by atoms with E-state index in [0.717, 1.165) is 18.5 Å². The van der Waals surface area contributed by atoms with Crippen LogP contribution in [0, 0.1) is 0 Å². The van der Waals surface area contributed by atoms with Gasteiger partial charge in [0.1, 0.15) is 0 Å². The molecule has 0 heterocycles. The minimum absolute atomic E-state index is 0.860. The quantitative estimate of drug-likeness (QED) is 0.191. The van der Waals surface area contributed by atoms with Gasteiger partial charge in [0.25, 0.3) is 0 Å². The average Bonchev–Trinajstić information content (AvgIpc) is 2.77. The molecule has 3 aromatic rings. The van der Waals surface area contributed by atoms with E-state index in [1.165, 1.54) is 59.9 Å². The van der Waals surface area contributed by atoms with Crippen LogP contribution in [-0.4, -0.2) is 5.16 Å². The number of nitrogens with zero attached hydrogens (tertiary/aromatic N) is 1. The molecule has 0 aromatic heterocycles. The van der Waals surface area contributed by atoms with Gasteiger partial charge in [-0.3, -0.25) is 0 Å². The van der Waals surface area contributed by atoms with Crippen LogP contribution in [0.3, 0.4) is 0 Å². The van der Waals surface area contributed by atoms with Gasteiger partial charge < -0.3 is 0 Å². The molecule has 0 aliphatic carbocycles. The van der Waals surface area contributed by atoms with E-state index in [4.69, 9.17) is 0 Å². The van der Waals surface area contributed by atoms with Gasteiger partial charge in [0, 0.05) is 0 Å². The molecule has 0 saturated heterocycles. The fourth-order valence-corrected chi connectivity index (χ4v) is 3.80. The molecule has 1 nitrogen and oxygen atoms in total. The number of hydrogen-bond acceptors (Lipinski definition) is 2. The van der Waals surface area contributed by atoms with Crippen molar-refractivity contribution in [3.05, 3.63) is 89.5 Å². The summed E-state index contributed by atoms with van der Waals surface area (Å²) in [4.78, 5) is 4.02. The third kappa shape index (κ3) is 6.49. The lowest BCUT2D eigenvalue weighted by molar-refractivity contribution is 0.667. The summed E-state index contributed by atoms with van der Waals surface area (Å²) < 4.78 is 0. The molecule has 0 aliphatic rings. The Balaban J connectivity index is 1.66. The van der Waals surface area contributed by atoms with Gasteiger partial charge in [-0.25, -0.2) is 0 Å². The molecule has 2 heteroatoms. The van der Waals surface area contributed by atoms with Crippen LogP contribution in [-0.2, 0) is 19.3 Å². The van der Waals surface area contributed by atoms with E-state index in [-0.39, 0.29) is 0 Å². The van der Waals surface area contributed by atoms with Crippen molar-refractivity contribution in [3.8, 4) is 11.1 Å². The maximum Gasteiger partial charge on any atom is 0.0739 e. The van der Waals surface area contributed by atoms with Crippen LogP contribution in [0.2, 0.25) is 0 Å². The van der Waals surface area contributed by atoms with Gasteiger partial charge in [-0.15, -0.1) is 0 Å². The third-order valence-electron chi connectivity index (χ3n) is 5.40. The molecule has 0 saturated carbocycles. The van der Waals surface area contributed by atoms with Crippen LogP contribution in [0.1, 0.15) is 49.3 Å². The molecular formula is C27H29NS. The number of unbranched alkanes of at least 4 members (excludes halogenated alkanes) is 3. The number of isothiocyanates is 1. The van der Waals surface area contributed by atoms with Crippen molar-refractivity contribution in [2.45, 2.75) is 51.9 Å². The first-order chi connectivity index (χ1) is 14.3. The van der Waals surface area contributed by atoms with E-state index in [0.29, 0.717) is 0 Å². The molecule has 148 valence electrons. The number of benzene rings is 3. The van der Waals surface area contributed by atoms with Gasteiger partial charge in [-0.2, -0.15) is 4.99 Å².